The predicted molar refractivity (Wildman–Crippen MR) is 145 cm³/mol. The molecule has 4 heterocycles. The van der Waals surface area contributed by atoms with Gasteiger partial charge >= 0.3 is 0 Å². The highest BCUT2D eigenvalue weighted by Crippen LogP contribution is 2.44. The number of carbonyl (C=O) groups excluding carboxylic acids is 1. The van der Waals surface area contributed by atoms with Crippen LogP contribution in [0.2, 0.25) is 0 Å². The van der Waals surface area contributed by atoms with Crippen molar-refractivity contribution >= 4 is 38.7 Å². The molecule has 0 aliphatic carbocycles. The molecule has 5 nitrogen and oxygen atoms in total. The lowest BCUT2D eigenvalue weighted by molar-refractivity contribution is -0.118. The number of hydrogen-bond donors (Lipinski definition) is 1. The molecule has 7 heteroatoms. The Balaban J connectivity index is 1.45. The summed E-state index contributed by atoms with van der Waals surface area (Å²) in [5.74, 6) is 0.323. The quantitative estimate of drug-likeness (QED) is 0.246. The number of benzene rings is 1. The molecule has 0 radical (unpaired) electrons. The van der Waals surface area contributed by atoms with E-state index < -0.39 is 0 Å². The van der Waals surface area contributed by atoms with Gasteiger partial charge in [0.05, 0.1) is 10.2 Å². The zero-order chi connectivity index (χ0) is 24.2. The Labute approximate surface area is 214 Å². The number of Topliss-reactive ketones (excluding diaryl/α,β-unsaturated/α-hetero) is 1. The molecule has 0 spiro atoms. The number of unbranched alkanes of at least 4 members (excludes halogenated alkanes) is 2. The van der Waals surface area contributed by atoms with E-state index in [1.165, 1.54) is 25.6 Å². The zero-order valence-corrected chi connectivity index (χ0v) is 21.9. The second kappa shape index (κ2) is 11.1. The minimum absolute atomic E-state index is 0.313. The molecule has 0 bridgehead atoms. The Kier molecular flexibility index (Phi) is 7.68. The molecule has 0 unspecified atom stereocenters. The summed E-state index contributed by atoms with van der Waals surface area (Å²) >= 11 is 3.55. The molecule has 1 aliphatic rings. The number of hydrogen-bond acceptors (Lipinski definition) is 7. The predicted octanol–water partition coefficient (Wildman–Crippen LogP) is 6.61. The third kappa shape index (κ3) is 5.38. The van der Waals surface area contributed by atoms with E-state index in [2.05, 4.69) is 35.4 Å². The molecule has 35 heavy (non-hydrogen) atoms. The Bertz CT molecular complexity index is 1310. The molecule has 0 saturated carbocycles. The highest BCUT2D eigenvalue weighted by atomic mass is 32.1. The topological polar surface area (TPSA) is 64.1 Å². The lowest BCUT2D eigenvalue weighted by atomic mass is 9.97. The van der Waals surface area contributed by atoms with E-state index in [9.17, 15) is 4.79 Å². The lowest BCUT2D eigenvalue weighted by Crippen LogP contribution is -2.26. The van der Waals surface area contributed by atoms with Gasteiger partial charge in [0.25, 0.3) is 0 Å². The van der Waals surface area contributed by atoms with Crippen molar-refractivity contribution < 1.29 is 9.53 Å². The van der Waals surface area contributed by atoms with Crippen molar-refractivity contribution in [3.05, 3.63) is 58.0 Å². The van der Waals surface area contributed by atoms with Crippen LogP contribution in [0.5, 0.6) is 0 Å². The Morgan fingerprint density at radius 3 is 2.80 bits per heavy atom. The maximum Gasteiger partial charge on any atom is 0.138 e. The normalized spacial score (nSPS) is 15.4. The summed E-state index contributed by atoms with van der Waals surface area (Å²) < 4.78 is 6.30. The van der Waals surface area contributed by atoms with Crippen LogP contribution >= 0.6 is 22.7 Å². The molecule has 1 N–H and O–H groups in total. The van der Waals surface area contributed by atoms with Crippen molar-refractivity contribution in [2.24, 2.45) is 0 Å². The molecule has 0 fully saturated rings. The number of ether oxygens (including phenoxy) is 1. The first-order valence-corrected chi connectivity index (χ1v) is 14.0. The van der Waals surface area contributed by atoms with Crippen LogP contribution in [0, 0.1) is 0 Å². The summed E-state index contributed by atoms with van der Waals surface area (Å²) in [5, 5.41) is 4.62. The van der Waals surface area contributed by atoms with E-state index in [-0.39, 0.29) is 0 Å². The van der Waals surface area contributed by atoms with Gasteiger partial charge < -0.3 is 10.1 Å². The molecule has 182 valence electrons. The summed E-state index contributed by atoms with van der Waals surface area (Å²) in [6, 6.07) is 10.9. The van der Waals surface area contributed by atoms with Crippen molar-refractivity contribution in [2.75, 3.05) is 20.3 Å². The second-order valence-corrected chi connectivity index (χ2v) is 11.3. The van der Waals surface area contributed by atoms with E-state index in [1.54, 1.807) is 29.8 Å². The molecular weight excluding hydrogens is 474 g/mol. The van der Waals surface area contributed by atoms with Gasteiger partial charge in [-0.25, -0.2) is 4.98 Å². The van der Waals surface area contributed by atoms with E-state index >= 15 is 0 Å². The number of nitrogens with zero attached hydrogens (tertiary/aromatic N) is 2. The van der Waals surface area contributed by atoms with E-state index in [1.807, 2.05) is 24.5 Å². The number of ketones is 1. The van der Waals surface area contributed by atoms with Gasteiger partial charge in [0.1, 0.15) is 10.8 Å². The molecule has 1 aliphatic heterocycles. The van der Waals surface area contributed by atoms with E-state index in [0.29, 0.717) is 24.7 Å². The minimum Gasteiger partial charge on any atom is -0.385 e. The number of methoxy groups -OCH3 is 1. The van der Waals surface area contributed by atoms with E-state index in [0.717, 1.165) is 60.5 Å². The smallest absolute Gasteiger partial charge is 0.138 e. The molecule has 4 aromatic rings. The third-order valence-electron chi connectivity index (χ3n) is 6.61. The van der Waals surface area contributed by atoms with Crippen LogP contribution < -0.4 is 5.32 Å². The Hall–Kier alpha value is -2.45. The fraction of sp³-hybridized carbons (Fsp3) is 0.393. The maximum atomic E-state index is 12.9. The van der Waals surface area contributed by atoms with Crippen molar-refractivity contribution in [3.8, 4) is 21.7 Å². The van der Waals surface area contributed by atoms with Crippen LogP contribution in [0.25, 0.3) is 31.9 Å². The van der Waals surface area contributed by atoms with Crippen LogP contribution in [0.3, 0.4) is 0 Å². The largest absolute Gasteiger partial charge is 0.385 e. The number of thiophene rings is 1. The molecule has 3 aromatic heterocycles. The molecule has 0 amide bonds. The van der Waals surface area contributed by atoms with Crippen LogP contribution in [-0.4, -0.2) is 36.0 Å². The first-order chi connectivity index (χ1) is 17.1. The fourth-order valence-corrected chi connectivity index (χ4v) is 7.30. The highest BCUT2D eigenvalue weighted by molar-refractivity contribution is 7.22. The van der Waals surface area contributed by atoms with Gasteiger partial charge in [0.15, 0.2) is 0 Å². The average Bonchev–Trinajstić information content (AvgIpc) is 3.45. The SMILES string of the molecule is COCCCCCC(=O)Cc1sc2c(c1-c1nc3cc(-c4ccncc4)ccc3s1)CCN[C@H]2C. The van der Waals surface area contributed by atoms with E-state index in [4.69, 9.17) is 9.72 Å². The van der Waals surface area contributed by atoms with Gasteiger partial charge in [0.2, 0.25) is 0 Å². The standard InChI is InChI=1S/C28H31N3O2S2/c1-18-27-22(11-14-30-18)26(25(34-27)17-21(32)6-4-3-5-15-33-2)28-31-23-16-20(7-8-24(23)35-28)19-9-12-29-13-10-19/h7-10,12-13,16,18,30H,3-6,11,14-15,17H2,1-2H3/t18-/m0/s1. The van der Waals surface area contributed by atoms with Gasteiger partial charge in [-0.1, -0.05) is 12.5 Å². The number of thiazole rings is 1. The average molecular weight is 506 g/mol. The zero-order valence-electron chi connectivity index (χ0n) is 20.3. The molecular formula is C28H31N3O2S2. The summed E-state index contributed by atoms with van der Waals surface area (Å²) in [6.45, 7) is 3.95. The number of carbonyl (C=O) groups is 1. The Morgan fingerprint density at radius 1 is 1.11 bits per heavy atom. The van der Waals surface area contributed by atoms with Crippen molar-refractivity contribution in [3.63, 3.8) is 0 Å². The molecule has 1 atom stereocenters. The van der Waals surface area contributed by atoms with Crippen molar-refractivity contribution in [1.82, 2.24) is 15.3 Å². The van der Waals surface area contributed by atoms with Crippen molar-refractivity contribution in [1.29, 1.82) is 0 Å². The number of aromatic nitrogens is 2. The first kappa shape index (κ1) is 24.3. The van der Waals surface area contributed by atoms with Gasteiger partial charge in [-0.3, -0.25) is 9.78 Å². The summed E-state index contributed by atoms with van der Waals surface area (Å²) in [5.41, 5.74) is 5.90. The summed E-state index contributed by atoms with van der Waals surface area (Å²) in [7, 11) is 1.73. The fourth-order valence-electron chi connectivity index (χ4n) is 4.79. The van der Waals surface area contributed by atoms with Gasteiger partial charge in [-0.05, 0) is 73.7 Å². The number of rotatable bonds is 10. The number of fused-ring (bicyclic) bond motifs is 2. The van der Waals surface area contributed by atoms with Crippen molar-refractivity contribution in [2.45, 2.75) is 51.5 Å². The van der Waals surface area contributed by atoms with Crippen LogP contribution in [0.1, 0.15) is 54.0 Å². The maximum absolute atomic E-state index is 12.9. The monoisotopic (exact) mass is 505 g/mol. The summed E-state index contributed by atoms with van der Waals surface area (Å²) in [6.07, 6.45) is 8.73. The van der Waals surface area contributed by atoms with Gasteiger partial charge in [-0.15, -0.1) is 22.7 Å². The van der Waals surface area contributed by atoms with Crippen LogP contribution in [0.15, 0.2) is 42.7 Å². The minimum atomic E-state index is 0.313. The first-order valence-electron chi connectivity index (χ1n) is 12.3. The van der Waals surface area contributed by atoms with Crippen LogP contribution in [0.4, 0.5) is 0 Å². The lowest BCUT2D eigenvalue weighted by Gasteiger charge is -2.20. The number of nitrogens with one attached hydrogen (secondary N) is 1. The van der Waals surface area contributed by atoms with Gasteiger partial charge in [-0.2, -0.15) is 0 Å². The van der Waals surface area contributed by atoms with Crippen LogP contribution in [-0.2, 0) is 22.4 Å². The Morgan fingerprint density at radius 2 is 1.97 bits per heavy atom. The molecule has 1 aromatic carbocycles. The number of pyridine rings is 1. The molecule has 5 rings (SSSR count). The molecule has 0 saturated heterocycles. The third-order valence-corrected chi connectivity index (χ3v) is 9.08. The second-order valence-electron chi connectivity index (χ2n) is 9.13. The summed E-state index contributed by atoms with van der Waals surface area (Å²) in [4.78, 5) is 24.7. The van der Waals surface area contributed by atoms with Gasteiger partial charge in [0, 0.05) is 60.3 Å². The highest BCUT2D eigenvalue weighted by Gasteiger charge is 2.28.